The number of hydrogen-bond acceptors (Lipinski definition) is 0. The Bertz CT molecular complexity index is 267. The van der Waals surface area contributed by atoms with E-state index in [4.69, 9.17) is 0 Å². The predicted molar refractivity (Wildman–Crippen MR) is 63.1 cm³/mol. The molecule has 71 valence electrons. The van der Waals surface area contributed by atoms with Gasteiger partial charge in [-0.05, 0) is 6.08 Å². The van der Waals surface area contributed by atoms with Gasteiger partial charge in [0.1, 0.15) is 6.54 Å². The normalized spacial score (nSPS) is 10.4. The van der Waals surface area contributed by atoms with E-state index in [1.165, 1.54) is 5.56 Å². The second-order valence-electron chi connectivity index (χ2n) is 4.05. The van der Waals surface area contributed by atoms with Gasteiger partial charge in [-0.2, -0.15) is 0 Å². The summed E-state index contributed by atoms with van der Waals surface area (Å²) in [6.45, 7) is 5.84. The summed E-state index contributed by atoms with van der Waals surface area (Å²) in [7, 11) is 4.43. The Balaban J connectivity index is 0.00000169. The summed E-state index contributed by atoms with van der Waals surface area (Å²) in [4.78, 5) is 0. The van der Waals surface area contributed by atoms with Crippen LogP contribution >= 0.6 is 0 Å². The van der Waals surface area contributed by atoms with Crippen LogP contribution in [-0.2, 0) is 6.54 Å². The molecule has 0 spiro atoms. The van der Waals surface area contributed by atoms with Crippen LogP contribution in [0, 0.1) is 0 Å². The number of quaternary nitrogens is 1. The molecule has 1 aromatic rings. The van der Waals surface area contributed by atoms with E-state index < -0.39 is 0 Å². The Morgan fingerprint density at radius 2 is 1.79 bits per heavy atom. The topological polar surface area (TPSA) is 0 Å². The average Bonchev–Trinajstić information content (AvgIpc) is 2.04. The van der Waals surface area contributed by atoms with Gasteiger partial charge in [0.05, 0.1) is 20.6 Å². The molecular formula is C12H18NNa+. The monoisotopic (exact) mass is 199 g/mol. The van der Waals surface area contributed by atoms with Crippen LogP contribution in [0.1, 0.15) is 5.56 Å². The van der Waals surface area contributed by atoms with E-state index in [-0.39, 0.29) is 29.6 Å². The van der Waals surface area contributed by atoms with Crippen molar-refractivity contribution in [3.8, 4) is 0 Å². The van der Waals surface area contributed by atoms with Crippen LogP contribution in [0.4, 0.5) is 0 Å². The number of hydrogen-bond donors (Lipinski definition) is 0. The largest absolute Gasteiger partial charge is 0.321 e. The van der Waals surface area contributed by atoms with Crippen LogP contribution in [0.2, 0.25) is 0 Å². The van der Waals surface area contributed by atoms with E-state index in [1.54, 1.807) is 0 Å². The van der Waals surface area contributed by atoms with Crippen molar-refractivity contribution in [2.24, 2.45) is 0 Å². The maximum absolute atomic E-state index is 3.77. The summed E-state index contributed by atoms with van der Waals surface area (Å²) < 4.78 is 0.966. The Morgan fingerprint density at radius 3 is 2.29 bits per heavy atom. The van der Waals surface area contributed by atoms with E-state index in [0.717, 1.165) is 17.6 Å². The number of benzene rings is 1. The molecule has 1 rings (SSSR count). The van der Waals surface area contributed by atoms with Gasteiger partial charge in [-0.3, -0.25) is 0 Å². The maximum Gasteiger partial charge on any atom is 0.104 e. The first-order valence-corrected chi connectivity index (χ1v) is 4.61. The van der Waals surface area contributed by atoms with Gasteiger partial charge < -0.3 is 4.48 Å². The SMILES string of the molecule is C=CC[N+](C)(C)Cc1ccccc1.[Na]. The first-order chi connectivity index (χ1) is 6.14. The van der Waals surface area contributed by atoms with E-state index in [9.17, 15) is 0 Å². The van der Waals surface area contributed by atoms with E-state index >= 15 is 0 Å². The number of rotatable bonds is 4. The molecule has 0 N–H and O–H groups in total. The molecule has 0 saturated heterocycles. The molecule has 0 saturated carbocycles. The van der Waals surface area contributed by atoms with Gasteiger partial charge in [0.25, 0.3) is 0 Å². The first kappa shape index (κ1) is 13.9. The fourth-order valence-corrected chi connectivity index (χ4v) is 1.49. The maximum atomic E-state index is 3.77. The molecule has 1 aromatic carbocycles. The van der Waals surface area contributed by atoms with E-state index in [0.29, 0.717) is 0 Å². The predicted octanol–water partition coefficient (Wildman–Crippen LogP) is 2.07. The first-order valence-electron chi connectivity index (χ1n) is 4.61. The third-order valence-electron chi connectivity index (χ3n) is 2.08. The molecule has 0 aliphatic rings. The van der Waals surface area contributed by atoms with Crippen molar-refractivity contribution < 1.29 is 4.48 Å². The Labute approximate surface area is 109 Å². The molecular weight excluding hydrogens is 181 g/mol. The van der Waals surface area contributed by atoms with Crippen LogP contribution in [0.25, 0.3) is 0 Å². The summed E-state index contributed by atoms with van der Waals surface area (Å²) in [6, 6.07) is 10.6. The summed E-state index contributed by atoms with van der Waals surface area (Å²) in [6.07, 6.45) is 1.98. The van der Waals surface area contributed by atoms with E-state index in [1.807, 2.05) is 6.08 Å². The van der Waals surface area contributed by atoms with Crippen LogP contribution in [0.15, 0.2) is 43.0 Å². The van der Waals surface area contributed by atoms with Crippen molar-refractivity contribution in [2.45, 2.75) is 6.54 Å². The number of likely N-dealkylation sites (N-methyl/N-ethyl adjacent to an activating group) is 1. The Kier molecular flexibility index (Phi) is 6.38. The molecule has 0 aliphatic heterocycles. The second kappa shape index (κ2) is 6.41. The van der Waals surface area contributed by atoms with Crippen molar-refractivity contribution in [1.29, 1.82) is 0 Å². The van der Waals surface area contributed by atoms with Gasteiger partial charge >= 0.3 is 0 Å². The van der Waals surface area contributed by atoms with Crippen molar-refractivity contribution >= 4 is 29.6 Å². The molecule has 0 bridgehead atoms. The van der Waals surface area contributed by atoms with E-state index in [2.05, 4.69) is 51.0 Å². The molecule has 0 atom stereocenters. The van der Waals surface area contributed by atoms with Gasteiger partial charge in [0.15, 0.2) is 0 Å². The molecule has 1 radical (unpaired) electrons. The Hall–Kier alpha value is -0.0800. The standard InChI is InChI=1S/C12H18N.Na/c1-4-10-13(2,3)11-12-8-6-5-7-9-12;/h4-9H,1,10-11H2,2-3H3;/q+1;. The smallest absolute Gasteiger partial charge is 0.104 e. The molecule has 0 unspecified atom stereocenters. The minimum atomic E-state index is 0. The van der Waals surface area contributed by atoms with Gasteiger partial charge in [-0.1, -0.05) is 36.9 Å². The van der Waals surface area contributed by atoms with Crippen LogP contribution in [0.3, 0.4) is 0 Å². The van der Waals surface area contributed by atoms with Crippen molar-refractivity contribution in [3.63, 3.8) is 0 Å². The molecule has 14 heavy (non-hydrogen) atoms. The third kappa shape index (κ3) is 4.97. The Morgan fingerprint density at radius 1 is 1.21 bits per heavy atom. The zero-order chi connectivity index (χ0) is 9.73. The minimum absolute atomic E-state index is 0. The summed E-state index contributed by atoms with van der Waals surface area (Å²) in [5.74, 6) is 0. The van der Waals surface area contributed by atoms with Gasteiger partial charge in [0, 0.05) is 35.1 Å². The average molecular weight is 199 g/mol. The summed E-state index contributed by atoms with van der Waals surface area (Å²) in [5.41, 5.74) is 1.38. The van der Waals surface area contributed by atoms with Crippen LogP contribution in [0.5, 0.6) is 0 Å². The third-order valence-corrected chi connectivity index (χ3v) is 2.08. The van der Waals surface area contributed by atoms with Crippen molar-refractivity contribution in [2.75, 3.05) is 20.6 Å². The van der Waals surface area contributed by atoms with Gasteiger partial charge in [-0.25, -0.2) is 0 Å². The zero-order valence-corrected chi connectivity index (χ0v) is 11.5. The number of nitrogens with zero attached hydrogens (tertiary/aromatic N) is 1. The molecule has 0 heterocycles. The summed E-state index contributed by atoms with van der Waals surface area (Å²) >= 11 is 0. The second-order valence-corrected chi connectivity index (χ2v) is 4.05. The van der Waals surface area contributed by atoms with Crippen LogP contribution < -0.4 is 0 Å². The fourth-order valence-electron chi connectivity index (χ4n) is 1.49. The molecule has 1 nitrogen and oxygen atoms in total. The minimum Gasteiger partial charge on any atom is -0.321 e. The molecule has 0 amide bonds. The van der Waals surface area contributed by atoms with Gasteiger partial charge in [0.2, 0.25) is 0 Å². The van der Waals surface area contributed by atoms with Gasteiger partial charge in [-0.15, -0.1) is 0 Å². The quantitative estimate of drug-likeness (QED) is 0.395. The molecule has 0 aromatic heterocycles. The van der Waals surface area contributed by atoms with Crippen LogP contribution in [-0.4, -0.2) is 54.7 Å². The zero-order valence-electron chi connectivity index (χ0n) is 9.53. The fraction of sp³-hybridized carbons (Fsp3) is 0.333. The molecule has 2 heteroatoms. The van der Waals surface area contributed by atoms with Crippen molar-refractivity contribution in [1.82, 2.24) is 0 Å². The molecule has 0 aliphatic carbocycles. The molecule has 0 fully saturated rings. The summed E-state index contributed by atoms with van der Waals surface area (Å²) in [5, 5.41) is 0. The van der Waals surface area contributed by atoms with Crippen molar-refractivity contribution in [3.05, 3.63) is 48.6 Å².